The van der Waals surface area contributed by atoms with E-state index >= 15 is 0 Å². The van der Waals surface area contributed by atoms with E-state index in [-0.39, 0.29) is 25.0 Å². The molecule has 0 aliphatic carbocycles. The lowest BCUT2D eigenvalue weighted by Crippen LogP contribution is -2.25. The lowest BCUT2D eigenvalue weighted by Gasteiger charge is -2.10. The zero-order chi connectivity index (χ0) is 20.8. The van der Waals surface area contributed by atoms with Gasteiger partial charge >= 0.3 is 5.97 Å². The van der Waals surface area contributed by atoms with Crippen LogP contribution in [-0.4, -0.2) is 35.9 Å². The molecule has 0 bridgehead atoms. The molecule has 29 heavy (non-hydrogen) atoms. The van der Waals surface area contributed by atoms with Crippen LogP contribution in [0.1, 0.15) is 38.1 Å². The van der Waals surface area contributed by atoms with Gasteiger partial charge in [-0.3, -0.25) is 9.59 Å². The number of benzene rings is 2. The van der Waals surface area contributed by atoms with Gasteiger partial charge in [0.25, 0.3) is 11.8 Å². The van der Waals surface area contributed by atoms with E-state index < -0.39 is 5.97 Å². The number of amides is 2. The summed E-state index contributed by atoms with van der Waals surface area (Å²) in [7, 11) is 0. The number of carbonyl (C=O) groups excluding carboxylic acids is 3. The van der Waals surface area contributed by atoms with Crippen LogP contribution in [0, 0.1) is 12.3 Å². The summed E-state index contributed by atoms with van der Waals surface area (Å²) in [5.74, 6) is 1.12. The fourth-order valence-electron chi connectivity index (χ4n) is 2.80. The number of anilines is 1. The zero-order valence-corrected chi connectivity index (χ0v) is 15.7. The van der Waals surface area contributed by atoms with Gasteiger partial charge in [0.1, 0.15) is 5.69 Å². The molecule has 0 fully saturated rings. The Morgan fingerprint density at radius 2 is 1.90 bits per heavy atom. The third kappa shape index (κ3) is 4.45. The molecule has 0 radical (unpaired) electrons. The molecule has 0 saturated heterocycles. The van der Waals surface area contributed by atoms with Crippen LogP contribution >= 0.6 is 0 Å². The lowest BCUT2D eigenvalue weighted by molar-refractivity contribution is 0.0520. The predicted molar refractivity (Wildman–Crippen MR) is 110 cm³/mol. The fourth-order valence-corrected chi connectivity index (χ4v) is 2.80. The Morgan fingerprint density at radius 3 is 2.66 bits per heavy atom. The third-order valence-corrected chi connectivity index (χ3v) is 4.15. The van der Waals surface area contributed by atoms with Gasteiger partial charge in [-0.2, -0.15) is 0 Å². The number of carbonyl (C=O) groups is 3. The number of hydrogen-bond donors (Lipinski definition) is 3. The summed E-state index contributed by atoms with van der Waals surface area (Å²) >= 11 is 0. The number of aromatic nitrogens is 1. The minimum absolute atomic E-state index is 0.0913. The Labute approximate surface area is 167 Å². The van der Waals surface area contributed by atoms with Crippen molar-refractivity contribution in [3.63, 3.8) is 0 Å². The number of terminal acetylenes is 1. The molecule has 0 atom stereocenters. The highest BCUT2D eigenvalue weighted by molar-refractivity contribution is 6.10. The monoisotopic (exact) mass is 389 g/mol. The zero-order valence-electron chi connectivity index (χ0n) is 15.7. The van der Waals surface area contributed by atoms with Crippen LogP contribution in [0.25, 0.3) is 10.9 Å². The number of fused-ring (bicyclic) bond motifs is 1. The molecule has 0 saturated carbocycles. The Hall–Kier alpha value is -4.05. The summed E-state index contributed by atoms with van der Waals surface area (Å²) in [5.41, 5.74) is 2.08. The second-order valence-electron chi connectivity index (χ2n) is 6.09. The van der Waals surface area contributed by atoms with Crippen LogP contribution in [0.5, 0.6) is 0 Å². The molecule has 1 aromatic heterocycles. The number of esters is 1. The van der Waals surface area contributed by atoms with E-state index in [0.717, 1.165) is 0 Å². The smallest absolute Gasteiger partial charge is 0.354 e. The molecule has 2 amide bonds. The largest absolute Gasteiger partial charge is 0.461 e. The van der Waals surface area contributed by atoms with Crippen LogP contribution in [0.15, 0.2) is 48.5 Å². The molecule has 7 nitrogen and oxygen atoms in total. The summed E-state index contributed by atoms with van der Waals surface area (Å²) in [6, 6.07) is 13.3. The Bertz CT molecular complexity index is 1120. The summed E-state index contributed by atoms with van der Waals surface area (Å²) in [5, 5.41) is 6.02. The molecule has 146 valence electrons. The molecular weight excluding hydrogens is 370 g/mol. The van der Waals surface area contributed by atoms with Crippen molar-refractivity contribution in [2.75, 3.05) is 18.5 Å². The van der Waals surface area contributed by atoms with Gasteiger partial charge in [0.05, 0.1) is 24.4 Å². The molecule has 2 aromatic carbocycles. The molecular formula is C22H19N3O4. The van der Waals surface area contributed by atoms with Gasteiger partial charge in [-0.1, -0.05) is 18.1 Å². The number of ether oxygens (including phenoxy) is 1. The average Bonchev–Trinajstić information content (AvgIpc) is 3.16. The molecule has 0 spiro atoms. The number of rotatable bonds is 6. The van der Waals surface area contributed by atoms with Crippen molar-refractivity contribution in [3.8, 4) is 12.3 Å². The first kappa shape index (κ1) is 19.7. The topological polar surface area (TPSA) is 100 Å². The molecule has 0 aliphatic heterocycles. The van der Waals surface area contributed by atoms with Crippen molar-refractivity contribution >= 4 is 34.4 Å². The van der Waals surface area contributed by atoms with Gasteiger partial charge in [-0.25, -0.2) is 4.79 Å². The van der Waals surface area contributed by atoms with E-state index in [0.29, 0.717) is 33.4 Å². The second-order valence-corrected chi connectivity index (χ2v) is 6.09. The molecule has 3 aromatic rings. The highest BCUT2D eigenvalue weighted by Gasteiger charge is 2.15. The molecule has 3 rings (SSSR count). The van der Waals surface area contributed by atoms with E-state index in [2.05, 4.69) is 21.5 Å². The van der Waals surface area contributed by atoms with Crippen molar-refractivity contribution < 1.29 is 19.1 Å². The van der Waals surface area contributed by atoms with Crippen LogP contribution in [0.2, 0.25) is 0 Å². The maximum absolute atomic E-state index is 12.7. The lowest BCUT2D eigenvalue weighted by atomic mass is 10.1. The third-order valence-electron chi connectivity index (χ3n) is 4.15. The maximum Gasteiger partial charge on any atom is 0.354 e. The van der Waals surface area contributed by atoms with Crippen LogP contribution in [-0.2, 0) is 4.74 Å². The summed E-state index contributed by atoms with van der Waals surface area (Å²) < 4.78 is 4.98. The van der Waals surface area contributed by atoms with E-state index in [1.807, 2.05) is 0 Å². The van der Waals surface area contributed by atoms with Crippen LogP contribution in [0.4, 0.5) is 5.69 Å². The number of para-hydroxylation sites is 1. The van der Waals surface area contributed by atoms with Gasteiger partial charge < -0.3 is 20.4 Å². The van der Waals surface area contributed by atoms with Gasteiger partial charge in [-0.15, -0.1) is 6.42 Å². The standard InChI is InChI=1S/C22H19N3O4/c1-3-11-23-21(27)16-7-5-6-8-18(16)25-20(26)14-9-10-17-15(12-14)13-19(24-17)22(28)29-4-2/h1,5-10,12-13,24H,4,11H2,2H3,(H,23,27)(H,25,26). The normalized spacial score (nSPS) is 10.2. The van der Waals surface area contributed by atoms with Gasteiger partial charge in [0.2, 0.25) is 0 Å². The van der Waals surface area contributed by atoms with E-state index in [4.69, 9.17) is 11.2 Å². The molecule has 0 aliphatic rings. The first-order valence-electron chi connectivity index (χ1n) is 8.95. The number of hydrogen-bond acceptors (Lipinski definition) is 4. The second kappa shape index (κ2) is 8.76. The summed E-state index contributed by atoms with van der Waals surface area (Å²) in [6.45, 7) is 2.10. The number of H-pyrrole nitrogens is 1. The Balaban J connectivity index is 1.83. The summed E-state index contributed by atoms with van der Waals surface area (Å²) in [4.78, 5) is 39.8. The molecule has 3 N–H and O–H groups in total. The highest BCUT2D eigenvalue weighted by Crippen LogP contribution is 2.20. The van der Waals surface area contributed by atoms with Crippen LogP contribution in [0.3, 0.4) is 0 Å². The van der Waals surface area contributed by atoms with Crippen molar-refractivity contribution in [1.82, 2.24) is 10.3 Å². The maximum atomic E-state index is 12.7. The molecule has 0 unspecified atom stereocenters. The quantitative estimate of drug-likeness (QED) is 0.446. The SMILES string of the molecule is C#CCNC(=O)c1ccccc1NC(=O)c1ccc2[nH]c(C(=O)OCC)cc2c1. The van der Waals surface area contributed by atoms with Crippen molar-refractivity contribution in [3.05, 3.63) is 65.4 Å². The minimum Gasteiger partial charge on any atom is -0.461 e. The van der Waals surface area contributed by atoms with Gasteiger partial charge in [0.15, 0.2) is 0 Å². The first-order chi connectivity index (χ1) is 14.0. The Kier molecular flexibility index (Phi) is 5.95. The van der Waals surface area contributed by atoms with E-state index in [1.165, 1.54) is 0 Å². The first-order valence-corrected chi connectivity index (χ1v) is 8.95. The fraction of sp³-hybridized carbons (Fsp3) is 0.136. The van der Waals surface area contributed by atoms with Gasteiger partial charge in [-0.05, 0) is 43.3 Å². The van der Waals surface area contributed by atoms with Crippen molar-refractivity contribution in [2.45, 2.75) is 6.92 Å². The van der Waals surface area contributed by atoms with E-state index in [9.17, 15) is 14.4 Å². The van der Waals surface area contributed by atoms with Crippen molar-refractivity contribution in [1.29, 1.82) is 0 Å². The van der Waals surface area contributed by atoms with E-state index in [1.54, 1.807) is 55.5 Å². The van der Waals surface area contributed by atoms with Crippen LogP contribution < -0.4 is 10.6 Å². The summed E-state index contributed by atoms with van der Waals surface area (Å²) in [6.07, 6.45) is 5.17. The van der Waals surface area contributed by atoms with Gasteiger partial charge in [0, 0.05) is 16.5 Å². The Morgan fingerprint density at radius 1 is 1.10 bits per heavy atom. The predicted octanol–water partition coefficient (Wildman–Crippen LogP) is 2.96. The number of aromatic amines is 1. The number of nitrogens with one attached hydrogen (secondary N) is 3. The highest BCUT2D eigenvalue weighted by atomic mass is 16.5. The molecule has 7 heteroatoms. The minimum atomic E-state index is -0.457. The molecule has 1 heterocycles. The average molecular weight is 389 g/mol. The van der Waals surface area contributed by atoms with Crippen molar-refractivity contribution in [2.24, 2.45) is 0 Å².